The van der Waals surface area contributed by atoms with Crippen LogP contribution in [0.5, 0.6) is 5.75 Å². The van der Waals surface area contributed by atoms with Crippen molar-refractivity contribution in [3.63, 3.8) is 0 Å². The van der Waals surface area contributed by atoms with Crippen molar-refractivity contribution in [1.82, 2.24) is 14.7 Å². The number of hydrogen-bond acceptors (Lipinski definition) is 6. The Morgan fingerprint density at radius 2 is 1.85 bits per heavy atom. The quantitative estimate of drug-likeness (QED) is 0.675. The van der Waals surface area contributed by atoms with E-state index in [1.807, 2.05) is 21.0 Å². The zero-order chi connectivity index (χ0) is 19.2. The van der Waals surface area contributed by atoms with Crippen LogP contribution in [0.2, 0.25) is 0 Å². The molecule has 0 radical (unpaired) electrons. The minimum Gasteiger partial charge on any atom is -0.494 e. The standard InChI is InChI=1S/C18H26N4O3S/c1-5-6-11-25-16-7-9-17(10-8-16)26(23,24)19-13-15-12-14(2)20-18(21-15)22(3)4/h7-10,12,19H,5-6,11,13H2,1-4H3. The SMILES string of the molecule is CCCCOc1ccc(S(=O)(=O)NCc2cc(C)nc(N(C)C)n2)cc1. The first-order valence-electron chi connectivity index (χ1n) is 8.56. The zero-order valence-electron chi connectivity index (χ0n) is 15.7. The van der Waals surface area contributed by atoms with Crippen molar-refractivity contribution in [2.75, 3.05) is 25.6 Å². The predicted molar refractivity (Wildman–Crippen MR) is 102 cm³/mol. The van der Waals surface area contributed by atoms with Crippen molar-refractivity contribution in [2.24, 2.45) is 0 Å². The maximum absolute atomic E-state index is 12.5. The molecule has 0 amide bonds. The molecular weight excluding hydrogens is 352 g/mol. The number of hydrogen-bond donors (Lipinski definition) is 1. The summed E-state index contributed by atoms with van der Waals surface area (Å²) >= 11 is 0. The van der Waals surface area contributed by atoms with Crippen LogP contribution in [0.3, 0.4) is 0 Å². The van der Waals surface area contributed by atoms with Crippen molar-refractivity contribution in [2.45, 2.75) is 38.1 Å². The molecule has 0 saturated heterocycles. The summed E-state index contributed by atoms with van der Waals surface area (Å²) < 4.78 is 33.1. The summed E-state index contributed by atoms with van der Waals surface area (Å²) in [4.78, 5) is 10.6. The van der Waals surface area contributed by atoms with Crippen molar-refractivity contribution >= 4 is 16.0 Å². The van der Waals surface area contributed by atoms with E-state index in [1.54, 1.807) is 35.2 Å². The van der Waals surface area contributed by atoms with Crippen LogP contribution >= 0.6 is 0 Å². The fourth-order valence-electron chi connectivity index (χ4n) is 2.21. The lowest BCUT2D eigenvalue weighted by atomic mass is 10.3. The molecule has 0 aliphatic heterocycles. The fraction of sp³-hybridized carbons (Fsp3) is 0.444. The Balaban J connectivity index is 2.04. The Bertz CT molecular complexity index is 821. The van der Waals surface area contributed by atoms with E-state index >= 15 is 0 Å². The van der Waals surface area contributed by atoms with Crippen LogP contribution in [0.15, 0.2) is 35.2 Å². The summed E-state index contributed by atoms with van der Waals surface area (Å²) in [6, 6.07) is 8.19. The Labute approximate surface area is 155 Å². The highest BCUT2D eigenvalue weighted by Gasteiger charge is 2.15. The zero-order valence-corrected chi connectivity index (χ0v) is 16.5. The normalized spacial score (nSPS) is 11.4. The molecule has 1 aromatic heterocycles. The molecule has 0 bridgehead atoms. The Morgan fingerprint density at radius 3 is 2.46 bits per heavy atom. The van der Waals surface area contributed by atoms with Crippen LogP contribution in [-0.4, -0.2) is 39.1 Å². The average Bonchev–Trinajstić information content (AvgIpc) is 2.60. The monoisotopic (exact) mass is 378 g/mol. The van der Waals surface area contributed by atoms with Gasteiger partial charge in [-0.25, -0.2) is 23.1 Å². The van der Waals surface area contributed by atoms with E-state index in [2.05, 4.69) is 21.6 Å². The smallest absolute Gasteiger partial charge is 0.240 e. The van der Waals surface area contributed by atoms with Crippen LogP contribution in [-0.2, 0) is 16.6 Å². The molecule has 8 heteroatoms. The summed E-state index contributed by atoms with van der Waals surface area (Å²) in [5.74, 6) is 1.22. The summed E-state index contributed by atoms with van der Waals surface area (Å²) in [6.07, 6.45) is 2.02. The molecular formula is C18H26N4O3S. The largest absolute Gasteiger partial charge is 0.494 e. The van der Waals surface area contributed by atoms with E-state index in [-0.39, 0.29) is 11.4 Å². The second kappa shape index (κ2) is 8.95. The van der Waals surface area contributed by atoms with Crippen molar-refractivity contribution in [3.8, 4) is 5.75 Å². The van der Waals surface area contributed by atoms with E-state index in [9.17, 15) is 8.42 Å². The Morgan fingerprint density at radius 1 is 1.15 bits per heavy atom. The van der Waals surface area contributed by atoms with E-state index in [4.69, 9.17) is 4.74 Å². The molecule has 0 spiro atoms. The van der Waals surface area contributed by atoms with Gasteiger partial charge in [-0.15, -0.1) is 0 Å². The lowest BCUT2D eigenvalue weighted by Crippen LogP contribution is -2.24. The highest BCUT2D eigenvalue weighted by Crippen LogP contribution is 2.17. The van der Waals surface area contributed by atoms with Gasteiger partial charge in [-0.1, -0.05) is 13.3 Å². The maximum atomic E-state index is 12.5. The summed E-state index contributed by atoms with van der Waals surface area (Å²) in [7, 11) is 0.0544. The van der Waals surface area contributed by atoms with Gasteiger partial charge in [-0.2, -0.15) is 0 Å². The van der Waals surface area contributed by atoms with Crippen LogP contribution in [0.25, 0.3) is 0 Å². The first-order valence-corrected chi connectivity index (χ1v) is 10.0. The van der Waals surface area contributed by atoms with Crippen molar-refractivity contribution in [3.05, 3.63) is 41.7 Å². The van der Waals surface area contributed by atoms with Crippen LogP contribution < -0.4 is 14.4 Å². The highest BCUT2D eigenvalue weighted by atomic mass is 32.2. The highest BCUT2D eigenvalue weighted by molar-refractivity contribution is 7.89. The number of anilines is 1. The number of benzene rings is 1. The first kappa shape index (κ1) is 20.1. The number of unbranched alkanes of at least 4 members (excludes halogenated alkanes) is 1. The topological polar surface area (TPSA) is 84.4 Å². The molecule has 2 rings (SSSR count). The molecule has 0 aliphatic carbocycles. The summed E-state index contributed by atoms with van der Waals surface area (Å²) in [5, 5.41) is 0. The number of nitrogens with zero attached hydrogens (tertiary/aromatic N) is 3. The van der Waals surface area contributed by atoms with E-state index < -0.39 is 10.0 Å². The number of nitrogens with one attached hydrogen (secondary N) is 1. The molecule has 1 heterocycles. The minimum atomic E-state index is -3.63. The summed E-state index contributed by atoms with van der Waals surface area (Å²) in [6.45, 7) is 4.67. The van der Waals surface area contributed by atoms with Crippen LogP contribution in [0.1, 0.15) is 31.2 Å². The second-order valence-electron chi connectivity index (χ2n) is 6.19. The molecule has 1 aromatic carbocycles. The Kier molecular flexibility index (Phi) is 6.93. The van der Waals surface area contributed by atoms with Gasteiger partial charge in [0.15, 0.2) is 0 Å². The van der Waals surface area contributed by atoms with Gasteiger partial charge < -0.3 is 9.64 Å². The molecule has 2 aromatic rings. The predicted octanol–water partition coefficient (Wildman–Crippen LogP) is 2.51. The van der Waals surface area contributed by atoms with Crippen molar-refractivity contribution in [1.29, 1.82) is 0 Å². The number of sulfonamides is 1. The van der Waals surface area contributed by atoms with Gasteiger partial charge in [0.25, 0.3) is 0 Å². The molecule has 0 saturated carbocycles. The van der Waals surface area contributed by atoms with Gasteiger partial charge in [0.1, 0.15) is 5.75 Å². The van der Waals surface area contributed by atoms with Gasteiger partial charge in [0, 0.05) is 19.8 Å². The molecule has 7 nitrogen and oxygen atoms in total. The number of ether oxygens (including phenoxy) is 1. The third kappa shape index (κ3) is 5.67. The summed E-state index contributed by atoms with van der Waals surface area (Å²) in [5.41, 5.74) is 1.40. The molecule has 142 valence electrons. The first-order chi connectivity index (χ1) is 12.3. The second-order valence-corrected chi connectivity index (χ2v) is 7.96. The molecule has 0 unspecified atom stereocenters. The van der Waals surface area contributed by atoms with Gasteiger partial charge in [-0.05, 0) is 43.7 Å². The minimum absolute atomic E-state index is 0.0985. The average molecular weight is 378 g/mol. The molecule has 0 aliphatic rings. The Hall–Kier alpha value is -2.19. The van der Waals surface area contributed by atoms with Gasteiger partial charge >= 0.3 is 0 Å². The van der Waals surface area contributed by atoms with E-state index in [0.29, 0.717) is 24.0 Å². The van der Waals surface area contributed by atoms with Crippen LogP contribution in [0, 0.1) is 6.92 Å². The number of aromatic nitrogens is 2. The van der Waals surface area contributed by atoms with Gasteiger partial charge in [0.05, 0.1) is 23.7 Å². The van der Waals surface area contributed by atoms with Gasteiger partial charge in [0.2, 0.25) is 16.0 Å². The fourth-order valence-corrected chi connectivity index (χ4v) is 3.21. The molecule has 1 N–H and O–H groups in total. The van der Waals surface area contributed by atoms with Gasteiger partial charge in [-0.3, -0.25) is 0 Å². The molecule has 0 fully saturated rings. The van der Waals surface area contributed by atoms with E-state index in [0.717, 1.165) is 18.5 Å². The lowest BCUT2D eigenvalue weighted by molar-refractivity contribution is 0.309. The van der Waals surface area contributed by atoms with E-state index in [1.165, 1.54) is 0 Å². The number of rotatable bonds is 9. The number of aryl methyl sites for hydroxylation is 1. The van der Waals surface area contributed by atoms with Crippen molar-refractivity contribution < 1.29 is 13.2 Å². The third-order valence-electron chi connectivity index (χ3n) is 3.64. The molecule has 26 heavy (non-hydrogen) atoms. The molecule has 0 atom stereocenters. The lowest BCUT2D eigenvalue weighted by Gasteiger charge is -2.13. The third-order valence-corrected chi connectivity index (χ3v) is 5.06. The maximum Gasteiger partial charge on any atom is 0.240 e. The van der Waals surface area contributed by atoms with Crippen LogP contribution in [0.4, 0.5) is 5.95 Å².